The number of rotatable bonds is 2. The first kappa shape index (κ1) is 9.02. The molecular formula is C11H18N2. The standard InChI is InChI=1S/C11H18N2/c12-9-11(6-1-2-7-13-11)8-10-4-3-5-10/h10,13H,1-8H2. The summed E-state index contributed by atoms with van der Waals surface area (Å²) in [5.74, 6) is 0.838. The first-order chi connectivity index (χ1) is 6.35. The van der Waals surface area contributed by atoms with E-state index in [2.05, 4.69) is 11.4 Å². The second-order valence-electron chi connectivity index (χ2n) is 4.58. The van der Waals surface area contributed by atoms with Crippen LogP contribution in [0, 0.1) is 17.2 Å². The van der Waals surface area contributed by atoms with Crippen molar-refractivity contribution < 1.29 is 0 Å². The highest BCUT2D eigenvalue weighted by Crippen LogP contribution is 2.36. The van der Waals surface area contributed by atoms with E-state index in [4.69, 9.17) is 0 Å². The summed E-state index contributed by atoms with van der Waals surface area (Å²) in [5, 5.41) is 12.6. The normalized spacial score (nSPS) is 35.0. The Kier molecular flexibility index (Phi) is 2.55. The molecule has 1 heterocycles. The third-order valence-corrected chi connectivity index (χ3v) is 3.57. The van der Waals surface area contributed by atoms with Crippen LogP contribution in [0.5, 0.6) is 0 Å². The summed E-state index contributed by atoms with van der Waals surface area (Å²) >= 11 is 0. The summed E-state index contributed by atoms with van der Waals surface area (Å²) in [4.78, 5) is 0. The molecule has 0 amide bonds. The second-order valence-corrected chi connectivity index (χ2v) is 4.58. The summed E-state index contributed by atoms with van der Waals surface area (Å²) < 4.78 is 0. The number of piperidine rings is 1. The molecule has 0 radical (unpaired) electrons. The molecule has 1 saturated heterocycles. The molecule has 1 aliphatic carbocycles. The van der Waals surface area contributed by atoms with E-state index in [0.717, 1.165) is 25.3 Å². The highest BCUT2D eigenvalue weighted by Gasteiger charge is 2.35. The van der Waals surface area contributed by atoms with Crippen LogP contribution in [0.25, 0.3) is 0 Å². The van der Waals surface area contributed by atoms with E-state index in [9.17, 15) is 5.26 Å². The molecule has 2 aliphatic rings. The quantitative estimate of drug-likeness (QED) is 0.703. The molecule has 1 unspecified atom stereocenters. The maximum absolute atomic E-state index is 9.20. The molecule has 0 aromatic heterocycles. The van der Waals surface area contributed by atoms with Gasteiger partial charge in [0.05, 0.1) is 6.07 Å². The summed E-state index contributed by atoms with van der Waals surface area (Å²) in [6.07, 6.45) is 8.73. The SMILES string of the molecule is N#CC1(CC2CCC2)CCCCN1. The first-order valence-electron chi connectivity index (χ1n) is 5.51. The van der Waals surface area contributed by atoms with Crippen molar-refractivity contribution in [3.63, 3.8) is 0 Å². The number of nitriles is 1. The molecule has 1 atom stereocenters. The van der Waals surface area contributed by atoms with Crippen LogP contribution in [-0.2, 0) is 0 Å². The summed E-state index contributed by atoms with van der Waals surface area (Å²) in [6, 6.07) is 2.51. The van der Waals surface area contributed by atoms with Crippen LogP contribution in [0.4, 0.5) is 0 Å². The highest BCUT2D eigenvalue weighted by molar-refractivity contribution is 5.09. The maximum Gasteiger partial charge on any atom is 0.107 e. The van der Waals surface area contributed by atoms with Crippen molar-refractivity contribution in [2.45, 2.75) is 50.5 Å². The maximum atomic E-state index is 9.20. The summed E-state index contributed by atoms with van der Waals surface area (Å²) in [5.41, 5.74) is -0.149. The fourth-order valence-corrected chi connectivity index (χ4v) is 2.47. The van der Waals surface area contributed by atoms with Gasteiger partial charge in [0.2, 0.25) is 0 Å². The van der Waals surface area contributed by atoms with Crippen LogP contribution >= 0.6 is 0 Å². The largest absolute Gasteiger partial charge is 0.299 e. The van der Waals surface area contributed by atoms with E-state index < -0.39 is 0 Å². The third kappa shape index (κ3) is 1.86. The lowest BCUT2D eigenvalue weighted by atomic mass is 9.74. The van der Waals surface area contributed by atoms with Gasteiger partial charge in [-0.1, -0.05) is 19.3 Å². The lowest BCUT2D eigenvalue weighted by molar-refractivity contribution is 0.201. The zero-order chi connectivity index (χ0) is 9.15. The van der Waals surface area contributed by atoms with Crippen LogP contribution in [0.1, 0.15) is 44.9 Å². The van der Waals surface area contributed by atoms with Gasteiger partial charge in [-0.05, 0) is 38.1 Å². The van der Waals surface area contributed by atoms with Gasteiger partial charge in [-0.2, -0.15) is 5.26 Å². The average molecular weight is 178 g/mol. The van der Waals surface area contributed by atoms with Gasteiger partial charge >= 0.3 is 0 Å². The lowest BCUT2D eigenvalue weighted by Gasteiger charge is -2.38. The van der Waals surface area contributed by atoms with Crippen molar-refractivity contribution in [1.29, 1.82) is 5.26 Å². The number of hydrogen-bond acceptors (Lipinski definition) is 2. The Balaban J connectivity index is 1.93. The Labute approximate surface area is 80.3 Å². The molecule has 2 fully saturated rings. The Hall–Kier alpha value is -0.550. The van der Waals surface area contributed by atoms with Crippen molar-refractivity contribution in [3.05, 3.63) is 0 Å². The van der Waals surface area contributed by atoms with Crippen molar-refractivity contribution in [1.82, 2.24) is 5.32 Å². The minimum atomic E-state index is -0.149. The van der Waals surface area contributed by atoms with Crippen molar-refractivity contribution >= 4 is 0 Å². The van der Waals surface area contributed by atoms with Gasteiger partial charge in [0, 0.05) is 0 Å². The molecule has 0 aromatic carbocycles. The van der Waals surface area contributed by atoms with Crippen molar-refractivity contribution in [2.24, 2.45) is 5.92 Å². The van der Waals surface area contributed by atoms with E-state index in [1.807, 2.05) is 0 Å². The molecule has 1 N–H and O–H groups in total. The van der Waals surface area contributed by atoms with Crippen molar-refractivity contribution in [2.75, 3.05) is 6.54 Å². The molecule has 2 rings (SSSR count). The Bertz CT molecular complexity index is 207. The molecule has 2 heteroatoms. The Morgan fingerprint density at radius 3 is 2.62 bits per heavy atom. The first-order valence-corrected chi connectivity index (χ1v) is 5.51. The fraction of sp³-hybridized carbons (Fsp3) is 0.909. The van der Waals surface area contributed by atoms with Crippen LogP contribution in [0.15, 0.2) is 0 Å². The monoisotopic (exact) mass is 178 g/mol. The van der Waals surface area contributed by atoms with Crippen LogP contribution < -0.4 is 5.32 Å². The predicted octanol–water partition coefficient (Wildman–Crippen LogP) is 2.21. The van der Waals surface area contributed by atoms with Gasteiger partial charge in [0.25, 0.3) is 0 Å². The average Bonchev–Trinajstić information content (AvgIpc) is 2.13. The number of nitrogens with zero attached hydrogens (tertiary/aromatic N) is 1. The molecule has 2 nitrogen and oxygen atoms in total. The summed E-state index contributed by atoms with van der Waals surface area (Å²) in [6.45, 7) is 1.04. The predicted molar refractivity (Wildman–Crippen MR) is 52.2 cm³/mol. The minimum absolute atomic E-state index is 0.149. The molecule has 13 heavy (non-hydrogen) atoms. The second kappa shape index (κ2) is 3.67. The third-order valence-electron chi connectivity index (χ3n) is 3.57. The van der Waals surface area contributed by atoms with E-state index in [1.54, 1.807) is 0 Å². The van der Waals surface area contributed by atoms with Crippen LogP contribution in [-0.4, -0.2) is 12.1 Å². The molecular weight excluding hydrogens is 160 g/mol. The van der Waals surface area contributed by atoms with E-state index in [1.165, 1.54) is 32.1 Å². The molecule has 1 aliphatic heterocycles. The van der Waals surface area contributed by atoms with E-state index >= 15 is 0 Å². The topological polar surface area (TPSA) is 35.8 Å². The Morgan fingerprint density at radius 1 is 1.31 bits per heavy atom. The van der Waals surface area contributed by atoms with Gasteiger partial charge in [-0.15, -0.1) is 0 Å². The van der Waals surface area contributed by atoms with Gasteiger partial charge in [0.15, 0.2) is 0 Å². The number of nitrogens with one attached hydrogen (secondary N) is 1. The fourth-order valence-electron chi connectivity index (χ4n) is 2.47. The molecule has 1 saturated carbocycles. The number of hydrogen-bond donors (Lipinski definition) is 1. The van der Waals surface area contributed by atoms with Gasteiger partial charge in [0.1, 0.15) is 5.54 Å². The van der Waals surface area contributed by atoms with E-state index in [0.29, 0.717) is 0 Å². The van der Waals surface area contributed by atoms with E-state index in [-0.39, 0.29) is 5.54 Å². The van der Waals surface area contributed by atoms with Crippen molar-refractivity contribution in [3.8, 4) is 6.07 Å². The molecule has 72 valence electrons. The lowest BCUT2D eigenvalue weighted by Crippen LogP contribution is -2.49. The van der Waals surface area contributed by atoms with Crippen LogP contribution in [0.2, 0.25) is 0 Å². The summed E-state index contributed by atoms with van der Waals surface area (Å²) in [7, 11) is 0. The van der Waals surface area contributed by atoms with Gasteiger partial charge in [-0.25, -0.2) is 0 Å². The molecule has 0 spiro atoms. The highest BCUT2D eigenvalue weighted by atomic mass is 15.0. The molecule has 0 aromatic rings. The van der Waals surface area contributed by atoms with Gasteiger partial charge < -0.3 is 0 Å². The zero-order valence-electron chi connectivity index (χ0n) is 8.18. The minimum Gasteiger partial charge on any atom is -0.299 e. The smallest absolute Gasteiger partial charge is 0.107 e. The molecule has 0 bridgehead atoms. The zero-order valence-corrected chi connectivity index (χ0v) is 8.18. The van der Waals surface area contributed by atoms with Gasteiger partial charge in [-0.3, -0.25) is 5.32 Å². The van der Waals surface area contributed by atoms with Crippen LogP contribution in [0.3, 0.4) is 0 Å². The Morgan fingerprint density at radius 2 is 2.15 bits per heavy atom.